The molecule has 3 heteroatoms. The zero-order valence-electron chi connectivity index (χ0n) is 18.2. The van der Waals surface area contributed by atoms with Gasteiger partial charge in [-0.15, -0.1) is 0 Å². The summed E-state index contributed by atoms with van der Waals surface area (Å²) in [5.74, 6) is -0.129. The molecule has 3 nitrogen and oxygen atoms in total. The van der Waals surface area contributed by atoms with Crippen LogP contribution in [0.2, 0.25) is 0 Å². The van der Waals surface area contributed by atoms with Gasteiger partial charge in [0.2, 0.25) is 0 Å². The molecular formula is C27H31NO2. The Morgan fingerprint density at radius 3 is 2.07 bits per heavy atom. The molecule has 0 amide bonds. The lowest BCUT2D eigenvalue weighted by atomic mass is 10.1. The van der Waals surface area contributed by atoms with Gasteiger partial charge >= 0.3 is 5.97 Å². The first-order valence-corrected chi connectivity index (χ1v) is 10.7. The normalized spacial score (nSPS) is 13.3. The Morgan fingerprint density at radius 2 is 1.50 bits per heavy atom. The Kier molecular flexibility index (Phi) is 7.67. The molecule has 0 saturated heterocycles. The summed E-state index contributed by atoms with van der Waals surface area (Å²) < 4.78 is 5.20. The van der Waals surface area contributed by atoms with Crippen molar-refractivity contribution in [3.63, 3.8) is 0 Å². The number of aryl methyl sites for hydroxylation is 2. The van der Waals surface area contributed by atoms with E-state index in [-0.39, 0.29) is 5.97 Å². The van der Waals surface area contributed by atoms with Crippen LogP contribution in [0.5, 0.6) is 0 Å². The molecule has 3 rings (SSSR count). The van der Waals surface area contributed by atoms with Crippen molar-refractivity contribution in [3.8, 4) is 0 Å². The number of hydrogen-bond donors (Lipinski definition) is 0. The van der Waals surface area contributed by atoms with Gasteiger partial charge in [0.05, 0.1) is 6.61 Å². The number of allylic oxidation sites excluding steroid dienone is 5. The van der Waals surface area contributed by atoms with Crippen molar-refractivity contribution in [2.75, 3.05) is 11.5 Å². The van der Waals surface area contributed by atoms with Crippen LogP contribution in [-0.4, -0.2) is 12.6 Å². The smallest absolute Gasteiger partial charge is 0.305 e. The highest BCUT2D eigenvalue weighted by molar-refractivity contribution is 5.71. The van der Waals surface area contributed by atoms with E-state index in [4.69, 9.17) is 4.74 Å². The monoisotopic (exact) mass is 401 g/mol. The van der Waals surface area contributed by atoms with Gasteiger partial charge in [0.25, 0.3) is 0 Å². The van der Waals surface area contributed by atoms with Crippen molar-refractivity contribution in [3.05, 3.63) is 95.2 Å². The van der Waals surface area contributed by atoms with Crippen LogP contribution in [0.25, 0.3) is 0 Å². The summed E-state index contributed by atoms with van der Waals surface area (Å²) in [6, 6.07) is 17.3. The second-order valence-electron chi connectivity index (χ2n) is 7.66. The lowest BCUT2D eigenvalue weighted by molar-refractivity contribution is -0.143. The van der Waals surface area contributed by atoms with E-state index >= 15 is 0 Å². The second-order valence-corrected chi connectivity index (χ2v) is 7.66. The Labute approximate surface area is 180 Å². The number of anilines is 2. The molecule has 0 heterocycles. The van der Waals surface area contributed by atoms with E-state index < -0.39 is 0 Å². The maximum atomic E-state index is 11.3. The first-order valence-electron chi connectivity index (χ1n) is 10.7. The second kappa shape index (κ2) is 10.6. The van der Waals surface area contributed by atoms with E-state index in [1.807, 2.05) is 6.92 Å². The molecule has 0 aromatic heterocycles. The molecule has 0 spiro atoms. The quantitative estimate of drug-likeness (QED) is 0.354. The van der Waals surface area contributed by atoms with Crippen molar-refractivity contribution in [2.45, 2.75) is 46.5 Å². The van der Waals surface area contributed by atoms with Crippen molar-refractivity contribution in [1.82, 2.24) is 0 Å². The maximum absolute atomic E-state index is 11.3. The molecule has 2 aromatic rings. The third-order valence-corrected chi connectivity index (χ3v) is 5.18. The van der Waals surface area contributed by atoms with Crippen LogP contribution in [0.3, 0.4) is 0 Å². The summed E-state index contributed by atoms with van der Waals surface area (Å²) >= 11 is 0. The lowest BCUT2D eigenvalue weighted by Gasteiger charge is -2.26. The Hall–Kier alpha value is -3.07. The summed E-state index contributed by atoms with van der Waals surface area (Å²) in [7, 11) is 0. The standard InChI is InChI=1S/C27H31NO2/c1-4-27(29)30-20-6-8-23-7-5-9-24(19-14-23)28(25-15-10-21(2)11-16-25)26-17-12-22(3)13-18-26/h7,9-19H,4-6,8,20H2,1-3H3. The molecule has 30 heavy (non-hydrogen) atoms. The topological polar surface area (TPSA) is 29.5 Å². The van der Waals surface area contributed by atoms with Crippen LogP contribution < -0.4 is 4.90 Å². The summed E-state index contributed by atoms with van der Waals surface area (Å²) in [6.07, 6.45) is 12.0. The predicted molar refractivity (Wildman–Crippen MR) is 125 cm³/mol. The van der Waals surface area contributed by atoms with Crippen LogP contribution in [0.15, 0.2) is 84.1 Å². The average molecular weight is 402 g/mol. The fourth-order valence-electron chi connectivity index (χ4n) is 3.41. The number of benzene rings is 2. The third kappa shape index (κ3) is 5.96. The largest absolute Gasteiger partial charge is 0.466 e. The van der Waals surface area contributed by atoms with Gasteiger partial charge in [-0.3, -0.25) is 4.79 Å². The minimum Gasteiger partial charge on any atom is -0.466 e. The minimum atomic E-state index is -0.129. The van der Waals surface area contributed by atoms with Gasteiger partial charge in [-0.25, -0.2) is 0 Å². The van der Waals surface area contributed by atoms with Gasteiger partial charge in [-0.1, -0.05) is 66.1 Å². The van der Waals surface area contributed by atoms with E-state index in [1.54, 1.807) is 0 Å². The Balaban J connectivity index is 1.76. The molecule has 0 radical (unpaired) electrons. The van der Waals surface area contributed by atoms with Crippen LogP contribution in [0.4, 0.5) is 11.4 Å². The molecule has 0 N–H and O–H groups in total. The fourth-order valence-corrected chi connectivity index (χ4v) is 3.41. The summed E-state index contributed by atoms with van der Waals surface area (Å²) in [6.45, 7) is 6.52. The van der Waals surface area contributed by atoms with Crippen LogP contribution in [0.1, 0.15) is 43.7 Å². The molecule has 0 unspecified atom stereocenters. The van der Waals surface area contributed by atoms with Crippen LogP contribution in [-0.2, 0) is 9.53 Å². The Morgan fingerprint density at radius 1 is 0.900 bits per heavy atom. The fraction of sp³-hybridized carbons (Fsp3) is 0.296. The first kappa shape index (κ1) is 21.6. The maximum Gasteiger partial charge on any atom is 0.305 e. The summed E-state index contributed by atoms with van der Waals surface area (Å²) in [4.78, 5) is 13.6. The average Bonchev–Trinajstić information content (AvgIpc) is 2.99. The van der Waals surface area contributed by atoms with Gasteiger partial charge in [0.1, 0.15) is 0 Å². The summed E-state index contributed by atoms with van der Waals surface area (Å²) in [5, 5.41) is 0. The van der Waals surface area contributed by atoms with Crippen LogP contribution in [0, 0.1) is 13.8 Å². The van der Waals surface area contributed by atoms with Crippen molar-refractivity contribution in [2.24, 2.45) is 0 Å². The number of ether oxygens (including phenoxy) is 1. The molecular weight excluding hydrogens is 370 g/mol. The number of nitrogens with zero attached hydrogens (tertiary/aromatic N) is 1. The van der Waals surface area contributed by atoms with E-state index in [0.29, 0.717) is 13.0 Å². The molecule has 2 aromatic carbocycles. The minimum absolute atomic E-state index is 0.129. The van der Waals surface area contributed by atoms with E-state index in [2.05, 4.69) is 91.6 Å². The highest BCUT2D eigenvalue weighted by atomic mass is 16.5. The van der Waals surface area contributed by atoms with Gasteiger partial charge in [0, 0.05) is 23.5 Å². The van der Waals surface area contributed by atoms with E-state index in [1.165, 1.54) is 16.7 Å². The third-order valence-electron chi connectivity index (χ3n) is 5.18. The zero-order valence-corrected chi connectivity index (χ0v) is 18.2. The van der Waals surface area contributed by atoms with Crippen molar-refractivity contribution >= 4 is 17.3 Å². The molecule has 0 aliphatic heterocycles. The van der Waals surface area contributed by atoms with Gasteiger partial charge in [-0.2, -0.15) is 0 Å². The summed E-state index contributed by atoms with van der Waals surface area (Å²) in [5.41, 5.74) is 7.24. The van der Waals surface area contributed by atoms with Gasteiger partial charge in [-0.05, 0) is 63.5 Å². The molecule has 1 aliphatic carbocycles. The number of esters is 1. The SMILES string of the molecule is CCC(=O)OCCCC1=CCC=C(N(c2ccc(C)cc2)c2ccc(C)cc2)C=C1. The van der Waals surface area contributed by atoms with Gasteiger partial charge < -0.3 is 9.64 Å². The predicted octanol–water partition coefficient (Wildman–Crippen LogP) is 6.95. The van der Waals surface area contributed by atoms with Crippen molar-refractivity contribution < 1.29 is 9.53 Å². The van der Waals surface area contributed by atoms with Gasteiger partial charge in [0.15, 0.2) is 0 Å². The number of carbonyl (C=O) groups excluding carboxylic acids is 1. The Bertz CT molecular complexity index is 888. The van der Waals surface area contributed by atoms with Crippen LogP contribution >= 0.6 is 0 Å². The van der Waals surface area contributed by atoms with E-state index in [0.717, 1.165) is 36.3 Å². The number of rotatable bonds is 8. The lowest BCUT2D eigenvalue weighted by Crippen LogP contribution is -2.15. The molecule has 1 aliphatic rings. The highest BCUT2D eigenvalue weighted by Gasteiger charge is 2.14. The molecule has 156 valence electrons. The molecule has 0 saturated carbocycles. The molecule has 0 atom stereocenters. The molecule has 0 fully saturated rings. The highest BCUT2D eigenvalue weighted by Crippen LogP contribution is 2.32. The zero-order chi connectivity index (χ0) is 21.3. The van der Waals surface area contributed by atoms with Crippen molar-refractivity contribution in [1.29, 1.82) is 0 Å². The molecule has 0 bridgehead atoms. The number of hydrogen-bond acceptors (Lipinski definition) is 3. The number of carbonyl (C=O) groups is 1. The first-order chi connectivity index (χ1) is 14.6. The van der Waals surface area contributed by atoms with E-state index in [9.17, 15) is 4.79 Å².